The van der Waals surface area contributed by atoms with Crippen LogP contribution < -0.4 is 11.1 Å². The maximum atomic E-state index is 14.8. The summed E-state index contributed by atoms with van der Waals surface area (Å²) in [5, 5.41) is 14.7. The molecule has 2 amide bonds. The number of nitrogens with one attached hydrogen (secondary N) is 1. The van der Waals surface area contributed by atoms with Gasteiger partial charge in [-0.3, -0.25) is 0 Å². The number of aliphatic hydroxyl groups is 1. The molecule has 7 nitrogen and oxygen atoms in total. The van der Waals surface area contributed by atoms with Crippen molar-refractivity contribution in [1.29, 1.82) is 0 Å². The third-order valence-electron chi connectivity index (χ3n) is 6.82. The van der Waals surface area contributed by atoms with E-state index >= 15 is 0 Å². The highest BCUT2D eigenvalue weighted by Crippen LogP contribution is 2.41. The van der Waals surface area contributed by atoms with Crippen LogP contribution in [0.5, 0.6) is 0 Å². The summed E-state index contributed by atoms with van der Waals surface area (Å²) in [6.07, 6.45) is 3.45. The van der Waals surface area contributed by atoms with Crippen LogP contribution in [0.1, 0.15) is 57.9 Å². The Hall–Kier alpha value is -1.81. The van der Waals surface area contributed by atoms with E-state index in [2.05, 4.69) is 19.2 Å². The first-order valence-corrected chi connectivity index (χ1v) is 12.5. The molecule has 2 rings (SSSR count). The second-order valence-corrected chi connectivity index (χ2v) is 10.5. The summed E-state index contributed by atoms with van der Waals surface area (Å²) < 4.78 is 39.2. The van der Waals surface area contributed by atoms with Crippen LogP contribution in [0.25, 0.3) is 0 Å². The second kappa shape index (κ2) is 13.5. The largest absolute Gasteiger partial charge is 0.385 e. The highest BCUT2D eigenvalue weighted by molar-refractivity contribution is 5.74. The van der Waals surface area contributed by atoms with Crippen LogP contribution in [0.2, 0.25) is 0 Å². The van der Waals surface area contributed by atoms with Gasteiger partial charge in [0.05, 0.1) is 12.2 Å². The van der Waals surface area contributed by atoms with Gasteiger partial charge in [-0.25, -0.2) is 13.6 Å². The van der Waals surface area contributed by atoms with Crippen molar-refractivity contribution >= 4 is 6.03 Å². The van der Waals surface area contributed by atoms with Gasteiger partial charge in [0.15, 0.2) is 11.6 Å². The normalized spacial score (nSPS) is 19.3. The molecule has 1 fully saturated rings. The van der Waals surface area contributed by atoms with Gasteiger partial charge in [-0.05, 0) is 50.0 Å². The number of nitrogens with two attached hydrogens (primary N) is 1. The zero-order valence-corrected chi connectivity index (χ0v) is 21.6. The number of nitrogens with zero attached hydrogens (tertiary/aromatic N) is 1. The Bertz CT molecular complexity index is 811. The number of methoxy groups -OCH3 is 2. The third kappa shape index (κ3) is 8.37. The quantitative estimate of drug-likeness (QED) is 0.359. The fraction of sp³-hybridized carbons (Fsp3) is 0.731. The van der Waals surface area contributed by atoms with Gasteiger partial charge in [-0.2, -0.15) is 0 Å². The number of likely N-dealkylation sites (tertiary alicyclic amines) is 1. The monoisotopic (exact) mass is 499 g/mol. The second-order valence-electron chi connectivity index (χ2n) is 10.5. The topological polar surface area (TPSA) is 97.1 Å². The van der Waals surface area contributed by atoms with Crippen molar-refractivity contribution in [3.8, 4) is 0 Å². The number of carbonyl (C=O) groups is 1. The molecule has 1 saturated heterocycles. The highest BCUT2D eigenvalue weighted by Gasteiger charge is 2.43. The molecule has 1 aromatic carbocycles. The van der Waals surface area contributed by atoms with Crippen LogP contribution in [-0.4, -0.2) is 69.1 Å². The van der Waals surface area contributed by atoms with E-state index < -0.39 is 23.2 Å². The summed E-state index contributed by atoms with van der Waals surface area (Å²) in [7, 11) is 3.25. The molecule has 9 heteroatoms. The van der Waals surface area contributed by atoms with Gasteiger partial charge in [0.2, 0.25) is 0 Å². The zero-order chi connectivity index (χ0) is 26.1. The van der Waals surface area contributed by atoms with Gasteiger partial charge >= 0.3 is 6.03 Å². The summed E-state index contributed by atoms with van der Waals surface area (Å²) >= 11 is 0. The molecule has 35 heavy (non-hydrogen) atoms. The SMILES string of the molecule is COCCCCC(O)(c1cccc(F)c1F)C1CCCN(C(=O)NCC(N)CC(C)(C)COC)C1. The van der Waals surface area contributed by atoms with Gasteiger partial charge in [-0.1, -0.05) is 26.0 Å². The molecule has 0 spiro atoms. The molecule has 4 N–H and O–H groups in total. The van der Waals surface area contributed by atoms with Crippen molar-refractivity contribution in [2.24, 2.45) is 17.1 Å². The molecule has 1 aliphatic rings. The van der Waals surface area contributed by atoms with Gasteiger partial charge < -0.3 is 30.5 Å². The van der Waals surface area contributed by atoms with Crippen molar-refractivity contribution in [2.45, 2.75) is 64.0 Å². The predicted molar refractivity (Wildman–Crippen MR) is 132 cm³/mol. The van der Waals surface area contributed by atoms with Crippen LogP contribution in [0.3, 0.4) is 0 Å². The fourth-order valence-corrected chi connectivity index (χ4v) is 5.15. The van der Waals surface area contributed by atoms with E-state index in [0.29, 0.717) is 58.4 Å². The number of unbranched alkanes of at least 4 members (excludes halogenated alkanes) is 1. The standard InChI is InChI=1S/C26H43F2N3O4/c1-25(2,18-35-4)15-20(29)16-30-24(32)31-13-8-9-19(17-31)26(33,12-5-6-14-34-3)21-10-7-11-22(27)23(21)28/h7,10-11,19-20,33H,5-6,8-9,12-18,29H2,1-4H3,(H,30,32). The van der Waals surface area contributed by atoms with Crippen molar-refractivity contribution in [1.82, 2.24) is 10.2 Å². The summed E-state index contributed by atoms with van der Waals surface area (Å²) in [5.41, 5.74) is 4.48. The maximum absolute atomic E-state index is 14.8. The highest BCUT2D eigenvalue weighted by atomic mass is 19.2. The average Bonchev–Trinajstić information content (AvgIpc) is 2.81. The van der Waals surface area contributed by atoms with E-state index in [9.17, 15) is 18.7 Å². The number of hydrogen-bond donors (Lipinski definition) is 3. The van der Waals surface area contributed by atoms with Crippen LogP contribution in [0.15, 0.2) is 18.2 Å². The molecule has 1 aromatic rings. The minimum atomic E-state index is -1.60. The minimum absolute atomic E-state index is 0.0513. The number of rotatable bonds is 13. The molecular formula is C26H43F2N3O4. The van der Waals surface area contributed by atoms with E-state index in [1.54, 1.807) is 19.1 Å². The number of amides is 2. The number of urea groups is 1. The summed E-state index contributed by atoms with van der Waals surface area (Å²) in [4.78, 5) is 14.6. The van der Waals surface area contributed by atoms with Crippen molar-refractivity contribution < 1.29 is 28.2 Å². The molecule has 1 heterocycles. The van der Waals surface area contributed by atoms with Gasteiger partial charge in [0.25, 0.3) is 0 Å². The minimum Gasteiger partial charge on any atom is -0.385 e. The molecule has 3 atom stereocenters. The molecule has 0 saturated carbocycles. The molecule has 0 bridgehead atoms. The zero-order valence-electron chi connectivity index (χ0n) is 21.6. The predicted octanol–water partition coefficient (Wildman–Crippen LogP) is 3.78. The third-order valence-corrected chi connectivity index (χ3v) is 6.82. The Kier molecular flexibility index (Phi) is 11.3. The van der Waals surface area contributed by atoms with E-state index in [0.717, 1.165) is 6.07 Å². The van der Waals surface area contributed by atoms with Gasteiger partial charge in [0, 0.05) is 58.0 Å². The summed E-state index contributed by atoms with van der Waals surface area (Å²) in [5.74, 6) is -2.46. The number of benzene rings is 1. The Labute approximate surface area is 208 Å². The molecule has 3 unspecified atom stereocenters. The average molecular weight is 500 g/mol. The molecule has 0 aromatic heterocycles. The van der Waals surface area contributed by atoms with Crippen LogP contribution in [0, 0.1) is 23.0 Å². The summed E-state index contributed by atoms with van der Waals surface area (Å²) in [6.45, 7) is 6.29. The first-order valence-electron chi connectivity index (χ1n) is 12.5. The van der Waals surface area contributed by atoms with E-state index in [1.807, 2.05) is 0 Å². The lowest BCUT2D eigenvalue weighted by molar-refractivity contribution is -0.0590. The number of carbonyl (C=O) groups excluding carboxylic acids is 1. The van der Waals surface area contributed by atoms with E-state index in [-0.39, 0.29) is 36.0 Å². The number of hydrogen-bond acceptors (Lipinski definition) is 5. The fourth-order valence-electron chi connectivity index (χ4n) is 5.15. The molecule has 0 aliphatic carbocycles. The Morgan fingerprint density at radius 1 is 1.29 bits per heavy atom. The first kappa shape index (κ1) is 29.4. The smallest absolute Gasteiger partial charge is 0.317 e. The summed E-state index contributed by atoms with van der Waals surface area (Å²) in [6, 6.07) is 3.39. The van der Waals surface area contributed by atoms with Crippen LogP contribution >= 0.6 is 0 Å². The molecule has 1 aliphatic heterocycles. The maximum Gasteiger partial charge on any atom is 0.317 e. The lowest BCUT2D eigenvalue weighted by atomic mass is 9.74. The Balaban J connectivity index is 2.09. The van der Waals surface area contributed by atoms with Crippen molar-refractivity contribution in [3.63, 3.8) is 0 Å². The lowest BCUT2D eigenvalue weighted by Crippen LogP contribution is -2.52. The Morgan fingerprint density at radius 3 is 2.71 bits per heavy atom. The van der Waals surface area contributed by atoms with Gasteiger partial charge in [0.1, 0.15) is 0 Å². The number of piperidine rings is 1. The molecule has 200 valence electrons. The van der Waals surface area contributed by atoms with Crippen molar-refractivity contribution in [2.75, 3.05) is 47.1 Å². The number of halogens is 2. The first-order chi connectivity index (χ1) is 16.5. The van der Waals surface area contributed by atoms with E-state index in [4.69, 9.17) is 15.2 Å². The lowest BCUT2D eigenvalue weighted by Gasteiger charge is -2.43. The van der Waals surface area contributed by atoms with E-state index in [1.165, 1.54) is 12.1 Å². The van der Waals surface area contributed by atoms with Crippen LogP contribution in [-0.2, 0) is 15.1 Å². The van der Waals surface area contributed by atoms with Crippen molar-refractivity contribution in [3.05, 3.63) is 35.4 Å². The number of ether oxygens (including phenoxy) is 2. The van der Waals surface area contributed by atoms with Gasteiger partial charge in [-0.15, -0.1) is 0 Å². The Morgan fingerprint density at radius 2 is 2.03 bits per heavy atom. The molecular weight excluding hydrogens is 456 g/mol. The van der Waals surface area contributed by atoms with Crippen LogP contribution in [0.4, 0.5) is 13.6 Å². The molecule has 0 radical (unpaired) electrons.